The number of amides is 3. The fourth-order valence-electron chi connectivity index (χ4n) is 1.50. The average molecular weight is 362 g/mol. The van der Waals surface area contributed by atoms with Crippen LogP contribution in [0.15, 0.2) is 16.6 Å². The van der Waals surface area contributed by atoms with E-state index in [1.54, 1.807) is 6.92 Å². The van der Waals surface area contributed by atoms with E-state index in [0.717, 1.165) is 6.07 Å². The monoisotopic (exact) mass is 361 g/mol. The maximum atomic E-state index is 13.4. The van der Waals surface area contributed by atoms with Crippen LogP contribution >= 0.6 is 15.9 Å². The number of urea groups is 1. The minimum absolute atomic E-state index is 0.177. The van der Waals surface area contributed by atoms with Crippen molar-refractivity contribution in [3.8, 4) is 0 Å². The van der Waals surface area contributed by atoms with Gasteiger partial charge in [0.25, 0.3) is 0 Å². The zero-order chi connectivity index (χ0) is 16.2. The van der Waals surface area contributed by atoms with Crippen LogP contribution in [0.1, 0.15) is 12.0 Å². The quantitative estimate of drug-likeness (QED) is 0.632. The average Bonchev–Trinajstić information content (AvgIpc) is 2.34. The Morgan fingerprint density at radius 3 is 2.57 bits per heavy atom. The van der Waals surface area contributed by atoms with Crippen LogP contribution in [-0.2, 0) is 9.59 Å². The summed E-state index contributed by atoms with van der Waals surface area (Å²) in [7, 11) is 0. The van der Waals surface area contributed by atoms with Crippen molar-refractivity contribution >= 4 is 39.5 Å². The SMILES string of the molecule is Cc1cc(Br)c(F)cc1NC(=O)NC(CC(N)=O)C(=O)O. The first kappa shape index (κ1) is 16.9. The molecule has 0 saturated heterocycles. The molecule has 0 aliphatic rings. The highest BCUT2D eigenvalue weighted by Crippen LogP contribution is 2.23. The molecule has 1 atom stereocenters. The summed E-state index contributed by atoms with van der Waals surface area (Å²) in [6.45, 7) is 1.64. The Morgan fingerprint density at radius 2 is 2.05 bits per heavy atom. The molecule has 21 heavy (non-hydrogen) atoms. The van der Waals surface area contributed by atoms with Crippen molar-refractivity contribution in [2.45, 2.75) is 19.4 Å². The molecule has 1 aromatic carbocycles. The van der Waals surface area contributed by atoms with Gasteiger partial charge in [-0.2, -0.15) is 0 Å². The summed E-state index contributed by atoms with van der Waals surface area (Å²) in [5.74, 6) is -2.85. The Kier molecular flexibility index (Phi) is 5.65. The molecule has 3 amide bonds. The van der Waals surface area contributed by atoms with Crippen molar-refractivity contribution in [3.05, 3.63) is 28.0 Å². The smallest absolute Gasteiger partial charge is 0.326 e. The predicted octanol–water partition coefficient (Wildman–Crippen LogP) is 1.35. The number of carboxylic acids is 1. The Morgan fingerprint density at radius 1 is 1.43 bits per heavy atom. The third-order valence-electron chi connectivity index (χ3n) is 2.52. The lowest BCUT2D eigenvalue weighted by molar-refractivity contribution is -0.140. The number of rotatable bonds is 5. The number of aryl methyl sites for hydroxylation is 1. The summed E-state index contributed by atoms with van der Waals surface area (Å²) in [5, 5.41) is 13.2. The number of carbonyl (C=O) groups excluding carboxylic acids is 2. The van der Waals surface area contributed by atoms with Gasteiger partial charge in [0.2, 0.25) is 5.91 Å². The Bertz CT molecular complexity index is 594. The van der Waals surface area contributed by atoms with Crippen molar-refractivity contribution < 1.29 is 23.9 Å². The van der Waals surface area contributed by atoms with E-state index in [1.807, 2.05) is 0 Å². The van der Waals surface area contributed by atoms with E-state index < -0.39 is 36.2 Å². The standard InChI is InChI=1S/C12H13BrFN3O4/c1-5-2-6(13)7(14)3-8(5)16-12(21)17-9(11(19)20)4-10(15)18/h2-3,9H,4H2,1H3,(H2,15,18)(H,19,20)(H2,16,17,21). The molecule has 1 rings (SSSR count). The number of nitrogens with two attached hydrogens (primary N) is 1. The largest absolute Gasteiger partial charge is 0.480 e. The number of hydrogen-bond acceptors (Lipinski definition) is 3. The van der Waals surface area contributed by atoms with Crippen molar-refractivity contribution in [1.29, 1.82) is 0 Å². The van der Waals surface area contributed by atoms with Crippen LogP contribution in [0.4, 0.5) is 14.9 Å². The summed E-state index contributed by atoms with van der Waals surface area (Å²) >= 11 is 3.00. The number of benzene rings is 1. The minimum Gasteiger partial charge on any atom is -0.480 e. The molecular weight excluding hydrogens is 349 g/mol. The molecule has 0 heterocycles. The highest BCUT2D eigenvalue weighted by atomic mass is 79.9. The van der Waals surface area contributed by atoms with E-state index in [2.05, 4.69) is 26.6 Å². The molecular formula is C12H13BrFN3O4. The second kappa shape index (κ2) is 7.02. The van der Waals surface area contributed by atoms with Crippen LogP contribution in [0.25, 0.3) is 0 Å². The van der Waals surface area contributed by atoms with Crippen molar-refractivity contribution in [2.24, 2.45) is 5.73 Å². The van der Waals surface area contributed by atoms with Crippen LogP contribution in [0.2, 0.25) is 0 Å². The molecule has 1 unspecified atom stereocenters. The topological polar surface area (TPSA) is 122 Å². The second-order valence-corrected chi connectivity index (χ2v) is 5.10. The summed E-state index contributed by atoms with van der Waals surface area (Å²) in [4.78, 5) is 33.3. The molecule has 0 radical (unpaired) electrons. The van der Waals surface area contributed by atoms with E-state index in [9.17, 15) is 18.8 Å². The van der Waals surface area contributed by atoms with Gasteiger partial charge >= 0.3 is 12.0 Å². The van der Waals surface area contributed by atoms with Crippen LogP contribution in [0, 0.1) is 12.7 Å². The third kappa shape index (κ3) is 5.03. The molecule has 0 spiro atoms. The van der Waals surface area contributed by atoms with Gasteiger partial charge in [-0.1, -0.05) is 0 Å². The minimum atomic E-state index is -1.46. The van der Waals surface area contributed by atoms with E-state index in [4.69, 9.17) is 10.8 Å². The van der Waals surface area contributed by atoms with Gasteiger partial charge in [-0.05, 0) is 40.5 Å². The fourth-order valence-corrected chi connectivity index (χ4v) is 1.96. The molecule has 0 aliphatic carbocycles. The lowest BCUT2D eigenvalue weighted by Gasteiger charge is -2.15. The van der Waals surface area contributed by atoms with Gasteiger partial charge in [0.15, 0.2) is 0 Å². The summed E-state index contributed by atoms with van der Waals surface area (Å²) in [5.41, 5.74) is 5.64. The molecule has 0 fully saturated rings. The number of carbonyl (C=O) groups is 3. The molecule has 5 N–H and O–H groups in total. The Labute approximate surface area is 127 Å². The van der Waals surface area contributed by atoms with E-state index in [0.29, 0.717) is 5.56 Å². The van der Waals surface area contributed by atoms with E-state index in [-0.39, 0.29) is 10.2 Å². The third-order valence-corrected chi connectivity index (χ3v) is 3.13. The summed E-state index contributed by atoms with van der Waals surface area (Å²) in [6.07, 6.45) is -0.545. The van der Waals surface area contributed by atoms with Gasteiger partial charge in [-0.25, -0.2) is 14.0 Å². The molecule has 0 aliphatic heterocycles. The lowest BCUT2D eigenvalue weighted by Crippen LogP contribution is -2.45. The van der Waals surface area contributed by atoms with Gasteiger partial charge in [-0.3, -0.25) is 4.79 Å². The molecule has 7 nitrogen and oxygen atoms in total. The predicted molar refractivity (Wildman–Crippen MR) is 76.2 cm³/mol. The summed E-state index contributed by atoms with van der Waals surface area (Å²) < 4.78 is 13.6. The van der Waals surface area contributed by atoms with Crippen LogP contribution in [0.5, 0.6) is 0 Å². The molecule has 9 heteroatoms. The maximum absolute atomic E-state index is 13.4. The lowest BCUT2D eigenvalue weighted by atomic mass is 10.2. The van der Waals surface area contributed by atoms with Gasteiger partial charge in [0.1, 0.15) is 11.9 Å². The number of carboxylic acid groups (broad SMARTS) is 1. The van der Waals surface area contributed by atoms with Gasteiger partial charge < -0.3 is 21.5 Å². The fraction of sp³-hybridized carbons (Fsp3) is 0.250. The van der Waals surface area contributed by atoms with E-state index in [1.165, 1.54) is 6.07 Å². The van der Waals surface area contributed by atoms with Crippen molar-refractivity contribution in [2.75, 3.05) is 5.32 Å². The highest BCUT2D eigenvalue weighted by Gasteiger charge is 2.22. The van der Waals surface area contributed by atoms with Gasteiger partial charge in [-0.15, -0.1) is 0 Å². The molecule has 114 valence electrons. The zero-order valence-electron chi connectivity index (χ0n) is 10.9. The maximum Gasteiger partial charge on any atom is 0.326 e. The summed E-state index contributed by atoms with van der Waals surface area (Å²) in [6, 6.07) is 0.211. The molecule has 0 aromatic heterocycles. The van der Waals surface area contributed by atoms with Crippen LogP contribution in [-0.4, -0.2) is 29.1 Å². The zero-order valence-corrected chi connectivity index (χ0v) is 12.5. The van der Waals surface area contributed by atoms with E-state index >= 15 is 0 Å². The highest BCUT2D eigenvalue weighted by molar-refractivity contribution is 9.10. The van der Waals surface area contributed by atoms with Crippen LogP contribution in [0.3, 0.4) is 0 Å². The Balaban J connectivity index is 2.79. The normalized spacial score (nSPS) is 11.6. The van der Waals surface area contributed by atoms with Crippen molar-refractivity contribution in [3.63, 3.8) is 0 Å². The number of halogens is 2. The Hall–Kier alpha value is -2.16. The van der Waals surface area contributed by atoms with Crippen LogP contribution < -0.4 is 16.4 Å². The second-order valence-electron chi connectivity index (χ2n) is 4.24. The number of nitrogens with one attached hydrogen (secondary N) is 2. The first-order chi connectivity index (χ1) is 9.70. The molecule has 0 bridgehead atoms. The first-order valence-corrected chi connectivity index (χ1v) is 6.54. The number of anilines is 1. The number of hydrogen-bond donors (Lipinski definition) is 4. The first-order valence-electron chi connectivity index (χ1n) is 5.75. The van der Waals surface area contributed by atoms with Gasteiger partial charge in [0, 0.05) is 5.69 Å². The molecule has 0 saturated carbocycles. The van der Waals surface area contributed by atoms with Crippen molar-refractivity contribution in [1.82, 2.24) is 5.32 Å². The number of aliphatic carboxylic acids is 1. The van der Waals surface area contributed by atoms with Gasteiger partial charge in [0.05, 0.1) is 10.9 Å². The molecule has 1 aromatic rings. The number of primary amides is 1.